The van der Waals surface area contributed by atoms with Crippen LogP contribution >= 0.6 is 0 Å². The van der Waals surface area contributed by atoms with Crippen LogP contribution in [-0.4, -0.2) is 18.4 Å². The Balaban J connectivity index is 1.68. The maximum atomic E-state index is 4.53. The fourth-order valence-electron chi connectivity index (χ4n) is 3.61. The molecule has 0 aromatic carbocycles. The van der Waals surface area contributed by atoms with E-state index in [2.05, 4.69) is 24.2 Å². The number of amidine groups is 1. The van der Waals surface area contributed by atoms with Crippen molar-refractivity contribution in [1.82, 2.24) is 5.32 Å². The van der Waals surface area contributed by atoms with Crippen molar-refractivity contribution in [2.24, 2.45) is 4.99 Å². The Bertz CT molecular complexity index is 298. The Labute approximate surface area is 152 Å². The predicted molar refractivity (Wildman–Crippen MR) is 109 cm³/mol. The van der Waals surface area contributed by atoms with Crippen LogP contribution in [0.3, 0.4) is 0 Å². The van der Waals surface area contributed by atoms with Gasteiger partial charge in [-0.2, -0.15) is 0 Å². The van der Waals surface area contributed by atoms with Gasteiger partial charge >= 0.3 is 0 Å². The first kappa shape index (κ1) is 21.5. The summed E-state index contributed by atoms with van der Waals surface area (Å²) < 4.78 is 0. The lowest BCUT2D eigenvalue weighted by atomic mass is 10.0. The minimum Gasteiger partial charge on any atom is -0.370 e. The Kier molecular flexibility index (Phi) is 14.3. The van der Waals surface area contributed by atoms with Crippen molar-refractivity contribution < 1.29 is 0 Å². The molecule has 1 N–H and O–H groups in total. The van der Waals surface area contributed by atoms with Crippen LogP contribution in [0.25, 0.3) is 0 Å². The zero-order chi connectivity index (χ0) is 17.3. The lowest BCUT2D eigenvalue weighted by Gasteiger charge is -2.06. The summed E-state index contributed by atoms with van der Waals surface area (Å²) in [7, 11) is 0. The van der Waals surface area contributed by atoms with Crippen molar-refractivity contribution in [2.45, 2.75) is 129 Å². The molecule has 0 radical (unpaired) electrons. The molecule has 0 aromatic rings. The highest BCUT2D eigenvalue weighted by atomic mass is 15.1. The molecular weight excluding hydrogens is 292 g/mol. The molecule has 24 heavy (non-hydrogen) atoms. The molecular formula is C22H44N2. The quantitative estimate of drug-likeness (QED) is 0.283. The molecule has 2 nitrogen and oxygen atoms in total. The third kappa shape index (κ3) is 12.8. The second-order valence-corrected chi connectivity index (χ2v) is 7.89. The first-order valence-corrected chi connectivity index (χ1v) is 11.1. The number of rotatable bonds is 17. The minimum absolute atomic E-state index is 0.570. The van der Waals surface area contributed by atoms with Crippen molar-refractivity contribution in [2.75, 3.05) is 6.54 Å². The van der Waals surface area contributed by atoms with Gasteiger partial charge in [-0.15, -0.1) is 0 Å². The van der Waals surface area contributed by atoms with E-state index in [1.165, 1.54) is 115 Å². The van der Waals surface area contributed by atoms with E-state index in [9.17, 15) is 0 Å². The summed E-state index contributed by atoms with van der Waals surface area (Å²) in [5.41, 5.74) is 0. The van der Waals surface area contributed by atoms with Crippen molar-refractivity contribution >= 4 is 5.84 Å². The average Bonchev–Trinajstić information content (AvgIpc) is 3.00. The third-order valence-corrected chi connectivity index (χ3v) is 5.24. The molecule has 1 atom stereocenters. The second kappa shape index (κ2) is 16.0. The first-order valence-electron chi connectivity index (χ1n) is 11.1. The maximum absolute atomic E-state index is 4.53. The Hall–Kier alpha value is -0.530. The van der Waals surface area contributed by atoms with Gasteiger partial charge in [-0.3, -0.25) is 4.99 Å². The zero-order valence-electron chi connectivity index (χ0n) is 16.8. The van der Waals surface area contributed by atoms with Crippen molar-refractivity contribution in [3.8, 4) is 0 Å². The van der Waals surface area contributed by atoms with E-state index >= 15 is 0 Å². The van der Waals surface area contributed by atoms with E-state index < -0.39 is 0 Å². The summed E-state index contributed by atoms with van der Waals surface area (Å²) in [6, 6.07) is 0.570. The summed E-state index contributed by atoms with van der Waals surface area (Å²) in [5, 5.41) is 3.46. The Morgan fingerprint density at radius 1 is 0.708 bits per heavy atom. The lowest BCUT2D eigenvalue weighted by molar-refractivity contribution is 0.530. The molecule has 1 rings (SSSR count). The van der Waals surface area contributed by atoms with Crippen LogP contribution in [0.2, 0.25) is 0 Å². The van der Waals surface area contributed by atoms with Crippen LogP contribution < -0.4 is 5.32 Å². The molecule has 0 bridgehead atoms. The molecule has 0 spiro atoms. The minimum atomic E-state index is 0.570. The van der Waals surface area contributed by atoms with Gasteiger partial charge in [-0.05, 0) is 13.3 Å². The van der Waals surface area contributed by atoms with Crippen LogP contribution in [0.1, 0.15) is 123 Å². The Morgan fingerprint density at radius 3 is 1.50 bits per heavy atom. The Morgan fingerprint density at radius 2 is 1.12 bits per heavy atom. The molecule has 2 heteroatoms. The standard InChI is InChI=1S/C22H44N2/c1-3-4-5-6-7-8-9-10-11-12-13-14-15-16-17-18-19-22-23-20-21(2)24-22/h21H,3-20H2,1-2H3,(H,23,24). The highest BCUT2D eigenvalue weighted by Gasteiger charge is 2.10. The average molecular weight is 337 g/mol. The molecule has 1 unspecified atom stereocenters. The number of hydrogen-bond donors (Lipinski definition) is 1. The fraction of sp³-hybridized carbons (Fsp3) is 0.955. The fourth-order valence-corrected chi connectivity index (χ4v) is 3.61. The van der Waals surface area contributed by atoms with Gasteiger partial charge in [0.2, 0.25) is 0 Å². The van der Waals surface area contributed by atoms with Crippen LogP contribution in [0, 0.1) is 0 Å². The largest absolute Gasteiger partial charge is 0.370 e. The van der Waals surface area contributed by atoms with Gasteiger partial charge in [0.05, 0.1) is 12.4 Å². The van der Waals surface area contributed by atoms with Gasteiger partial charge in [0, 0.05) is 12.5 Å². The van der Waals surface area contributed by atoms with E-state index in [1.807, 2.05) is 0 Å². The molecule has 1 aliphatic heterocycles. The topological polar surface area (TPSA) is 24.4 Å². The van der Waals surface area contributed by atoms with Gasteiger partial charge in [-0.25, -0.2) is 0 Å². The van der Waals surface area contributed by atoms with Gasteiger partial charge in [0.1, 0.15) is 0 Å². The summed E-state index contributed by atoms with van der Waals surface area (Å²) in [4.78, 5) is 4.53. The molecule has 0 aliphatic carbocycles. The molecule has 0 amide bonds. The van der Waals surface area contributed by atoms with Gasteiger partial charge in [0.15, 0.2) is 0 Å². The SMILES string of the molecule is CCCCCCCCCCCCCCCCCCC1=NCC(C)N1. The van der Waals surface area contributed by atoms with Crippen LogP contribution in [0.4, 0.5) is 0 Å². The highest BCUT2D eigenvalue weighted by molar-refractivity contribution is 5.83. The second-order valence-electron chi connectivity index (χ2n) is 7.89. The molecule has 0 saturated carbocycles. The number of hydrogen-bond acceptors (Lipinski definition) is 2. The van der Waals surface area contributed by atoms with Crippen LogP contribution in [-0.2, 0) is 0 Å². The first-order chi connectivity index (χ1) is 11.8. The summed E-state index contributed by atoms with van der Waals surface area (Å²) >= 11 is 0. The molecule has 1 aliphatic rings. The number of nitrogens with one attached hydrogen (secondary N) is 1. The van der Waals surface area contributed by atoms with E-state index in [1.54, 1.807) is 0 Å². The third-order valence-electron chi connectivity index (χ3n) is 5.24. The summed E-state index contributed by atoms with van der Waals surface area (Å²) in [6.45, 7) is 5.49. The molecule has 0 saturated heterocycles. The van der Waals surface area contributed by atoms with E-state index in [4.69, 9.17) is 0 Å². The van der Waals surface area contributed by atoms with E-state index in [-0.39, 0.29) is 0 Å². The highest BCUT2D eigenvalue weighted by Crippen LogP contribution is 2.14. The summed E-state index contributed by atoms with van der Waals surface area (Å²) in [6.07, 6.45) is 24.2. The zero-order valence-corrected chi connectivity index (χ0v) is 16.8. The smallest absolute Gasteiger partial charge is 0.0966 e. The van der Waals surface area contributed by atoms with Crippen LogP contribution in [0.15, 0.2) is 4.99 Å². The molecule has 0 fully saturated rings. The van der Waals surface area contributed by atoms with Gasteiger partial charge in [0.25, 0.3) is 0 Å². The molecule has 0 aromatic heterocycles. The number of nitrogens with zero attached hydrogens (tertiary/aromatic N) is 1. The summed E-state index contributed by atoms with van der Waals surface area (Å²) in [5.74, 6) is 1.26. The maximum Gasteiger partial charge on any atom is 0.0966 e. The van der Waals surface area contributed by atoms with E-state index in [0.29, 0.717) is 6.04 Å². The van der Waals surface area contributed by atoms with Crippen molar-refractivity contribution in [3.05, 3.63) is 0 Å². The molecule has 1 heterocycles. The van der Waals surface area contributed by atoms with E-state index in [0.717, 1.165) is 6.54 Å². The van der Waals surface area contributed by atoms with Gasteiger partial charge in [-0.1, -0.05) is 103 Å². The predicted octanol–water partition coefficient (Wildman–Crippen LogP) is 7.03. The van der Waals surface area contributed by atoms with Crippen molar-refractivity contribution in [3.63, 3.8) is 0 Å². The molecule has 142 valence electrons. The number of aliphatic imine (C=N–C) groups is 1. The normalized spacial score (nSPS) is 17.1. The lowest BCUT2D eigenvalue weighted by Crippen LogP contribution is -2.26. The monoisotopic (exact) mass is 336 g/mol. The van der Waals surface area contributed by atoms with Crippen LogP contribution in [0.5, 0.6) is 0 Å². The van der Waals surface area contributed by atoms with Gasteiger partial charge < -0.3 is 5.32 Å². The number of unbranched alkanes of at least 4 members (excludes halogenated alkanes) is 15. The van der Waals surface area contributed by atoms with Crippen molar-refractivity contribution in [1.29, 1.82) is 0 Å².